The van der Waals surface area contributed by atoms with Gasteiger partial charge in [-0.05, 0) is 29.9 Å². The van der Waals surface area contributed by atoms with Crippen LogP contribution in [-0.4, -0.2) is 35.8 Å². The van der Waals surface area contributed by atoms with E-state index in [0.717, 1.165) is 19.4 Å². The summed E-state index contributed by atoms with van der Waals surface area (Å²) in [6.07, 6.45) is 2.32. The third kappa shape index (κ3) is 4.20. The fraction of sp³-hybridized carbons (Fsp3) is 0.333. The molecular weight excluding hydrogens is 308 g/mol. The predicted octanol–water partition coefficient (Wildman–Crippen LogP) is 2.71. The van der Waals surface area contributed by atoms with E-state index in [2.05, 4.69) is 17.4 Å². The number of likely N-dealkylation sites (tertiary alicyclic amines) is 1. The van der Waals surface area contributed by atoms with Crippen LogP contribution in [0, 0.1) is 0 Å². The Bertz CT molecular complexity index is 655. The number of carbonyl (C=O) groups excluding carboxylic acids is 2. The summed E-state index contributed by atoms with van der Waals surface area (Å²) in [7, 11) is 0. The molecule has 1 aromatic carbocycles. The molecule has 1 aliphatic heterocycles. The Kier molecular flexibility index (Phi) is 5.08. The zero-order valence-electron chi connectivity index (χ0n) is 12.9. The van der Waals surface area contributed by atoms with Crippen LogP contribution in [0.5, 0.6) is 0 Å². The Hall–Kier alpha value is -2.14. The van der Waals surface area contributed by atoms with E-state index in [-0.39, 0.29) is 17.9 Å². The molecule has 0 radical (unpaired) electrons. The second kappa shape index (κ2) is 7.42. The number of carbonyl (C=O) groups is 2. The number of rotatable bonds is 6. The van der Waals surface area contributed by atoms with Crippen molar-refractivity contribution in [2.24, 2.45) is 0 Å². The van der Waals surface area contributed by atoms with Gasteiger partial charge >= 0.3 is 0 Å². The highest BCUT2D eigenvalue weighted by molar-refractivity contribution is 7.08. The number of amides is 2. The minimum atomic E-state index is -0.0878. The monoisotopic (exact) mass is 328 g/mol. The summed E-state index contributed by atoms with van der Waals surface area (Å²) in [5.74, 6) is 0.0452. The molecule has 2 amide bonds. The molecule has 1 saturated heterocycles. The average Bonchev–Trinajstić information content (AvgIpc) is 3.19. The molecule has 0 aliphatic carbocycles. The van der Waals surface area contributed by atoms with Gasteiger partial charge in [-0.25, -0.2) is 0 Å². The number of thiophene rings is 1. The summed E-state index contributed by atoms with van der Waals surface area (Å²) in [6.45, 7) is 1.36. The molecule has 23 heavy (non-hydrogen) atoms. The van der Waals surface area contributed by atoms with Crippen molar-refractivity contribution in [3.8, 4) is 0 Å². The quantitative estimate of drug-likeness (QED) is 0.886. The molecular formula is C18H20N2O2S. The van der Waals surface area contributed by atoms with Crippen molar-refractivity contribution in [2.45, 2.75) is 25.3 Å². The van der Waals surface area contributed by atoms with Gasteiger partial charge < -0.3 is 10.2 Å². The van der Waals surface area contributed by atoms with Crippen molar-refractivity contribution >= 4 is 23.2 Å². The number of nitrogens with zero attached hydrogens (tertiary/aromatic N) is 1. The van der Waals surface area contributed by atoms with Crippen molar-refractivity contribution < 1.29 is 9.59 Å². The lowest BCUT2D eigenvalue weighted by Crippen LogP contribution is -2.37. The first-order valence-corrected chi connectivity index (χ1v) is 8.81. The van der Waals surface area contributed by atoms with E-state index in [1.165, 1.54) is 16.9 Å². The molecule has 2 aromatic rings. The van der Waals surface area contributed by atoms with Gasteiger partial charge in [0.2, 0.25) is 5.91 Å². The van der Waals surface area contributed by atoms with Crippen LogP contribution in [-0.2, 0) is 11.2 Å². The highest BCUT2D eigenvalue weighted by atomic mass is 32.1. The van der Waals surface area contributed by atoms with Gasteiger partial charge in [0.15, 0.2) is 0 Å². The maximum atomic E-state index is 12.1. The number of nitrogens with one attached hydrogen (secondary N) is 1. The van der Waals surface area contributed by atoms with E-state index < -0.39 is 0 Å². The SMILES string of the molecule is O=C(N[C@H]1CC(=O)N(CCCc2ccccc2)C1)c1ccsc1. The van der Waals surface area contributed by atoms with E-state index in [0.29, 0.717) is 18.5 Å². The number of aryl methyl sites for hydroxylation is 1. The van der Waals surface area contributed by atoms with Crippen LogP contribution in [0.1, 0.15) is 28.8 Å². The van der Waals surface area contributed by atoms with Gasteiger partial charge in [0.25, 0.3) is 5.91 Å². The van der Waals surface area contributed by atoms with Crippen LogP contribution in [0.3, 0.4) is 0 Å². The summed E-state index contributed by atoms with van der Waals surface area (Å²) < 4.78 is 0. The molecule has 1 fully saturated rings. The van der Waals surface area contributed by atoms with Crippen LogP contribution >= 0.6 is 11.3 Å². The van der Waals surface area contributed by atoms with Crippen LogP contribution in [0.25, 0.3) is 0 Å². The molecule has 1 aromatic heterocycles. The molecule has 1 atom stereocenters. The zero-order valence-corrected chi connectivity index (χ0v) is 13.7. The van der Waals surface area contributed by atoms with Gasteiger partial charge in [-0.1, -0.05) is 30.3 Å². The summed E-state index contributed by atoms with van der Waals surface area (Å²) in [5.41, 5.74) is 1.96. The fourth-order valence-corrected chi connectivity index (χ4v) is 3.50. The Morgan fingerprint density at radius 2 is 2.09 bits per heavy atom. The molecule has 1 N–H and O–H groups in total. The van der Waals surface area contributed by atoms with Gasteiger partial charge in [0.1, 0.15) is 0 Å². The van der Waals surface area contributed by atoms with E-state index in [1.807, 2.05) is 33.9 Å². The van der Waals surface area contributed by atoms with Crippen molar-refractivity contribution in [1.29, 1.82) is 0 Å². The number of benzene rings is 1. The largest absolute Gasteiger partial charge is 0.347 e. The minimum absolute atomic E-state index is 0.0772. The molecule has 4 nitrogen and oxygen atoms in total. The van der Waals surface area contributed by atoms with E-state index >= 15 is 0 Å². The maximum Gasteiger partial charge on any atom is 0.252 e. The predicted molar refractivity (Wildman–Crippen MR) is 91.5 cm³/mol. The topological polar surface area (TPSA) is 49.4 Å². The summed E-state index contributed by atoms with van der Waals surface area (Å²) in [4.78, 5) is 26.0. The Labute approximate surface area is 140 Å². The van der Waals surface area contributed by atoms with Gasteiger partial charge in [-0.3, -0.25) is 9.59 Å². The first kappa shape index (κ1) is 15.7. The third-order valence-electron chi connectivity index (χ3n) is 4.07. The lowest BCUT2D eigenvalue weighted by atomic mass is 10.1. The molecule has 0 saturated carbocycles. The summed E-state index contributed by atoms with van der Waals surface area (Å²) in [5, 5.41) is 6.66. The van der Waals surface area contributed by atoms with Gasteiger partial charge in [-0.2, -0.15) is 11.3 Å². The lowest BCUT2D eigenvalue weighted by molar-refractivity contribution is -0.127. The first-order valence-electron chi connectivity index (χ1n) is 7.87. The van der Waals surface area contributed by atoms with E-state index in [9.17, 15) is 9.59 Å². The number of hydrogen-bond acceptors (Lipinski definition) is 3. The second-order valence-corrected chi connectivity index (χ2v) is 6.60. The lowest BCUT2D eigenvalue weighted by Gasteiger charge is -2.17. The fourth-order valence-electron chi connectivity index (χ4n) is 2.87. The molecule has 120 valence electrons. The van der Waals surface area contributed by atoms with Crippen molar-refractivity contribution in [2.75, 3.05) is 13.1 Å². The highest BCUT2D eigenvalue weighted by Crippen LogP contribution is 2.14. The van der Waals surface area contributed by atoms with Crippen molar-refractivity contribution in [3.05, 3.63) is 58.3 Å². The average molecular weight is 328 g/mol. The van der Waals surface area contributed by atoms with Crippen LogP contribution in [0.2, 0.25) is 0 Å². The van der Waals surface area contributed by atoms with Crippen LogP contribution in [0.15, 0.2) is 47.2 Å². The molecule has 3 rings (SSSR count). The van der Waals surface area contributed by atoms with Crippen LogP contribution < -0.4 is 5.32 Å². The highest BCUT2D eigenvalue weighted by Gasteiger charge is 2.30. The standard InChI is InChI=1S/C18H20N2O2S/c21-17-11-16(19-18(22)15-8-10-23-13-15)12-20(17)9-4-7-14-5-2-1-3-6-14/h1-3,5-6,8,10,13,16H,4,7,9,11-12H2,(H,19,22)/t16-/m0/s1. The van der Waals surface area contributed by atoms with Gasteiger partial charge in [0, 0.05) is 30.5 Å². The molecule has 5 heteroatoms. The van der Waals surface area contributed by atoms with Crippen molar-refractivity contribution in [1.82, 2.24) is 10.2 Å². The van der Waals surface area contributed by atoms with E-state index in [1.54, 1.807) is 6.07 Å². The summed E-state index contributed by atoms with van der Waals surface area (Å²) >= 11 is 1.50. The molecule has 0 bridgehead atoms. The molecule has 0 unspecified atom stereocenters. The zero-order chi connectivity index (χ0) is 16.1. The van der Waals surface area contributed by atoms with Crippen molar-refractivity contribution in [3.63, 3.8) is 0 Å². The Morgan fingerprint density at radius 1 is 1.26 bits per heavy atom. The molecule has 2 heterocycles. The van der Waals surface area contributed by atoms with Gasteiger partial charge in [-0.15, -0.1) is 0 Å². The second-order valence-electron chi connectivity index (χ2n) is 5.82. The normalized spacial score (nSPS) is 17.5. The van der Waals surface area contributed by atoms with E-state index in [4.69, 9.17) is 0 Å². The Morgan fingerprint density at radius 3 is 2.83 bits per heavy atom. The molecule has 1 aliphatic rings. The van der Waals surface area contributed by atoms with Crippen LogP contribution in [0.4, 0.5) is 0 Å². The molecule has 0 spiro atoms. The minimum Gasteiger partial charge on any atom is -0.347 e. The first-order chi connectivity index (χ1) is 11.2. The van der Waals surface area contributed by atoms with Gasteiger partial charge in [0.05, 0.1) is 6.04 Å². The third-order valence-corrected chi connectivity index (χ3v) is 4.75. The summed E-state index contributed by atoms with van der Waals surface area (Å²) in [6, 6.07) is 12.0. The Balaban J connectivity index is 1.45. The number of hydrogen-bond donors (Lipinski definition) is 1. The maximum absolute atomic E-state index is 12.1. The smallest absolute Gasteiger partial charge is 0.252 e.